The van der Waals surface area contributed by atoms with Crippen LogP contribution in [0.5, 0.6) is 5.75 Å². The first-order chi connectivity index (χ1) is 14.1. The second kappa shape index (κ2) is 7.75. The molecule has 0 bridgehead atoms. The van der Waals surface area contributed by atoms with Crippen molar-refractivity contribution in [3.63, 3.8) is 0 Å². The van der Waals surface area contributed by atoms with Crippen LogP contribution in [-0.4, -0.2) is 35.9 Å². The highest BCUT2D eigenvalue weighted by atomic mass is 16.5. The van der Waals surface area contributed by atoms with E-state index in [1.807, 2.05) is 42.5 Å². The van der Waals surface area contributed by atoms with Gasteiger partial charge in [0.1, 0.15) is 5.75 Å². The standard InChI is InChI=1S/C23H21N3O3/c1-26-21(15-9-11-17(29-2)12-10-15)20(18-7-3-4-8-19(18)23(26)28)22(27)25-16-6-5-13-24-14-16/h3-14,20-21H,1-2H3,(H,25,27). The summed E-state index contributed by atoms with van der Waals surface area (Å²) in [5, 5.41) is 2.95. The van der Waals surface area contributed by atoms with Gasteiger partial charge >= 0.3 is 0 Å². The van der Waals surface area contributed by atoms with Crippen molar-refractivity contribution < 1.29 is 14.3 Å². The fourth-order valence-electron chi connectivity index (χ4n) is 3.83. The van der Waals surface area contributed by atoms with E-state index in [1.165, 1.54) is 0 Å². The third-order valence-electron chi connectivity index (χ3n) is 5.25. The Bertz CT molecular complexity index is 1030. The third kappa shape index (κ3) is 3.45. The molecule has 0 fully saturated rings. The summed E-state index contributed by atoms with van der Waals surface area (Å²) >= 11 is 0. The van der Waals surface area contributed by atoms with Crippen LogP contribution < -0.4 is 10.1 Å². The zero-order valence-electron chi connectivity index (χ0n) is 16.2. The van der Waals surface area contributed by atoms with Gasteiger partial charge in [-0.25, -0.2) is 0 Å². The lowest BCUT2D eigenvalue weighted by molar-refractivity contribution is -0.119. The van der Waals surface area contributed by atoms with Crippen LogP contribution in [0.2, 0.25) is 0 Å². The van der Waals surface area contributed by atoms with Crippen molar-refractivity contribution in [2.75, 3.05) is 19.5 Å². The Morgan fingerprint density at radius 2 is 1.83 bits per heavy atom. The second-order valence-electron chi connectivity index (χ2n) is 6.93. The molecule has 2 heterocycles. The molecule has 2 aromatic carbocycles. The first kappa shape index (κ1) is 18.7. The maximum atomic E-state index is 13.4. The maximum absolute atomic E-state index is 13.4. The van der Waals surface area contributed by atoms with Gasteiger partial charge < -0.3 is 15.0 Å². The van der Waals surface area contributed by atoms with Crippen molar-refractivity contribution in [2.24, 2.45) is 0 Å². The highest BCUT2D eigenvalue weighted by Gasteiger charge is 2.42. The molecular formula is C23H21N3O3. The molecular weight excluding hydrogens is 366 g/mol. The highest BCUT2D eigenvalue weighted by molar-refractivity contribution is 6.04. The van der Waals surface area contributed by atoms with E-state index in [0.717, 1.165) is 16.9 Å². The van der Waals surface area contributed by atoms with Crippen LogP contribution >= 0.6 is 0 Å². The van der Waals surface area contributed by atoms with Crippen LogP contribution in [0.15, 0.2) is 73.1 Å². The predicted molar refractivity (Wildman–Crippen MR) is 110 cm³/mol. The molecule has 3 aromatic rings. The van der Waals surface area contributed by atoms with E-state index in [0.29, 0.717) is 11.3 Å². The number of likely N-dealkylation sites (N-methyl/N-ethyl adjacent to an activating group) is 1. The van der Waals surface area contributed by atoms with Crippen LogP contribution in [0, 0.1) is 0 Å². The van der Waals surface area contributed by atoms with Gasteiger partial charge in [-0.1, -0.05) is 30.3 Å². The van der Waals surface area contributed by atoms with Crippen molar-refractivity contribution in [2.45, 2.75) is 12.0 Å². The number of nitrogens with zero attached hydrogens (tertiary/aromatic N) is 2. The molecule has 1 aromatic heterocycles. The van der Waals surface area contributed by atoms with Crippen molar-refractivity contribution in [1.82, 2.24) is 9.88 Å². The normalized spacial score (nSPS) is 18.1. The van der Waals surface area contributed by atoms with Gasteiger partial charge in [-0.15, -0.1) is 0 Å². The second-order valence-corrected chi connectivity index (χ2v) is 6.93. The fourth-order valence-corrected chi connectivity index (χ4v) is 3.83. The van der Waals surface area contributed by atoms with E-state index in [1.54, 1.807) is 49.7 Å². The summed E-state index contributed by atoms with van der Waals surface area (Å²) in [5.41, 5.74) is 2.74. The molecule has 0 saturated carbocycles. The molecule has 0 radical (unpaired) electrons. The monoisotopic (exact) mass is 387 g/mol. The Morgan fingerprint density at radius 1 is 1.07 bits per heavy atom. The fraction of sp³-hybridized carbons (Fsp3) is 0.174. The lowest BCUT2D eigenvalue weighted by Gasteiger charge is -2.39. The minimum absolute atomic E-state index is 0.105. The average molecular weight is 387 g/mol. The van der Waals surface area contributed by atoms with Crippen LogP contribution in [0.1, 0.15) is 33.4 Å². The number of aromatic nitrogens is 1. The Labute approximate surface area is 169 Å². The third-order valence-corrected chi connectivity index (χ3v) is 5.25. The van der Waals surface area contributed by atoms with Crippen LogP contribution in [0.3, 0.4) is 0 Å². The maximum Gasteiger partial charge on any atom is 0.254 e. The quantitative estimate of drug-likeness (QED) is 0.742. The molecule has 29 heavy (non-hydrogen) atoms. The zero-order chi connectivity index (χ0) is 20.4. The molecule has 146 valence electrons. The van der Waals surface area contributed by atoms with E-state index in [2.05, 4.69) is 10.3 Å². The number of carbonyl (C=O) groups excluding carboxylic acids is 2. The summed E-state index contributed by atoms with van der Waals surface area (Å²) < 4.78 is 5.25. The highest BCUT2D eigenvalue weighted by Crippen LogP contribution is 2.42. The van der Waals surface area contributed by atoms with Gasteiger partial charge in [0.15, 0.2) is 0 Å². The van der Waals surface area contributed by atoms with Gasteiger partial charge in [0.2, 0.25) is 5.91 Å². The van der Waals surface area contributed by atoms with Crippen LogP contribution in [0.4, 0.5) is 5.69 Å². The van der Waals surface area contributed by atoms with E-state index in [-0.39, 0.29) is 11.8 Å². The molecule has 1 N–H and O–H groups in total. The van der Waals surface area contributed by atoms with E-state index >= 15 is 0 Å². The zero-order valence-corrected chi connectivity index (χ0v) is 16.2. The molecule has 2 atom stereocenters. The summed E-state index contributed by atoms with van der Waals surface area (Å²) in [4.78, 5) is 32.1. The number of pyridine rings is 1. The van der Waals surface area contributed by atoms with Crippen molar-refractivity contribution in [3.05, 3.63) is 89.7 Å². The molecule has 1 aliphatic rings. The molecule has 0 saturated heterocycles. The predicted octanol–water partition coefficient (Wildman–Crippen LogP) is 3.64. The smallest absolute Gasteiger partial charge is 0.254 e. The number of fused-ring (bicyclic) bond motifs is 1. The van der Waals surface area contributed by atoms with Crippen molar-refractivity contribution in [1.29, 1.82) is 0 Å². The summed E-state index contributed by atoms with van der Waals surface area (Å²) in [6, 6.07) is 17.9. The summed E-state index contributed by atoms with van der Waals surface area (Å²) in [6.07, 6.45) is 3.25. The molecule has 0 spiro atoms. The number of rotatable bonds is 4. The topological polar surface area (TPSA) is 71.5 Å². The number of methoxy groups -OCH3 is 1. The number of ether oxygens (including phenoxy) is 1. The minimum Gasteiger partial charge on any atom is -0.497 e. The SMILES string of the molecule is COc1ccc(C2C(C(=O)Nc3cccnc3)c3ccccc3C(=O)N2C)cc1. The number of benzene rings is 2. The average Bonchev–Trinajstić information content (AvgIpc) is 2.77. The minimum atomic E-state index is -0.567. The number of nitrogens with one attached hydrogen (secondary N) is 1. The van der Waals surface area contributed by atoms with Crippen molar-refractivity contribution >= 4 is 17.5 Å². The number of hydrogen-bond acceptors (Lipinski definition) is 4. The van der Waals surface area contributed by atoms with Gasteiger partial charge in [0, 0.05) is 18.8 Å². The number of carbonyl (C=O) groups is 2. The van der Waals surface area contributed by atoms with Crippen LogP contribution in [0.25, 0.3) is 0 Å². The van der Waals surface area contributed by atoms with Gasteiger partial charge in [0.05, 0.1) is 31.0 Å². The van der Waals surface area contributed by atoms with E-state index < -0.39 is 12.0 Å². The molecule has 6 heteroatoms. The van der Waals surface area contributed by atoms with Crippen molar-refractivity contribution in [3.8, 4) is 5.75 Å². The molecule has 2 unspecified atom stereocenters. The number of amides is 2. The first-order valence-electron chi connectivity index (χ1n) is 9.31. The largest absolute Gasteiger partial charge is 0.497 e. The molecule has 6 nitrogen and oxygen atoms in total. The first-order valence-corrected chi connectivity index (χ1v) is 9.31. The Kier molecular flexibility index (Phi) is 4.99. The molecule has 0 aliphatic carbocycles. The Balaban J connectivity index is 1.80. The van der Waals surface area contributed by atoms with Gasteiger partial charge in [-0.3, -0.25) is 14.6 Å². The Morgan fingerprint density at radius 3 is 2.52 bits per heavy atom. The molecule has 1 aliphatic heterocycles. The molecule has 4 rings (SSSR count). The van der Waals surface area contributed by atoms with Gasteiger partial charge in [0.25, 0.3) is 5.91 Å². The summed E-state index contributed by atoms with van der Waals surface area (Å²) in [6.45, 7) is 0. The van der Waals surface area contributed by atoms with Crippen LogP contribution in [-0.2, 0) is 4.79 Å². The summed E-state index contributed by atoms with van der Waals surface area (Å²) in [7, 11) is 3.34. The Hall–Kier alpha value is -3.67. The van der Waals surface area contributed by atoms with E-state index in [4.69, 9.17) is 4.74 Å². The van der Waals surface area contributed by atoms with Gasteiger partial charge in [-0.2, -0.15) is 0 Å². The molecule has 2 amide bonds. The number of anilines is 1. The van der Waals surface area contributed by atoms with Gasteiger partial charge in [-0.05, 0) is 41.5 Å². The number of hydrogen-bond donors (Lipinski definition) is 1. The lowest BCUT2D eigenvalue weighted by atomic mass is 9.79. The van der Waals surface area contributed by atoms with E-state index in [9.17, 15) is 9.59 Å². The lowest BCUT2D eigenvalue weighted by Crippen LogP contribution is -2.44. The summed E-state index contributed by atoms with van der Waals surface area (Å²) in [5.74, 6) is -0.143.